The van der Waals surface area contributed by atoms with Gasteiger partial charge in [-0.05, 0) is 51.7 Å². The molecule has 1 aromatic rings. The molecule has 1 amide bonds. The zero-order chi connectivity index (χ0) is 20.3. The summed E-state index contributed by atoms with van der Waals surface area (Å²) >= 11 is 0. The number of aromatic nitrogens is 1. The first-order valence-electron chi connectivity index (χ1n) is 10.5. The Balaban J connectivity index is 1.79. The standard InChI is InChI=1S/C21H35N5O2/c1-13-11-17(21(27)24-15(3)22)20(23-14(13)2)26-10-9-18(19(12-26)28-4)25-16-7-5-6-8-16/h11,15-16,18-19,25H,5-10,12,22H2,1-4H3,(H,24,27). The summed E-state index contributed by atoms with van der Waals surface area (Å²) in [7, 11) is 1.77. The molecule has 3 unspecified atom stereocenters. The van der Waals surface area contributed by atoms with E-state index in [9.17, 15) is 4.79 Å². The van der Waals surface area contributed by atoms with Crippen LogP contribution in [-0.2, 0) is 4.74 Å². The average Bonchev–Trinajstić information content (AvgIpc) is 3.16. The number of hydrogen-bond acceptors (Lipinski definition) is 6. The smallest absolute Gasteiger partial charge is 0.256 e. The number of pyridine rings is 1. The highest BCUT2D eigenvalue weighted by atomic mass is 16.5. The fourth-order valence-electron chi connectivity index (χ4n) is 4.32. The van der Waals surface area contributed by atoms with Crippen molar-refractivity contribution >= 4 is 11.7 Å². The van der Waals surface area contributed by atoms with E-state index in [2.05, 4.69) is 15.5 Å². The van der Waals surface area contributed by atoms with Gasteiger partial charge in [0.25, 0.3) is 5.91 Å². The number of nitrogens with one attached hydrogen (secondary N) is 2. The van der Waals surface area contributed by atoms with Gasteiger partial charge >= 0.3 is 0 Å². The molecule has 2 aliphatic rings. The number of carbonyl (C=O) groups is 1. The van der Waals surface area contributed by atoms with Crippen molar-refractivity contribution in [2.45, 2.75) is 77.2 Å². The highest BCUT2D eigenvalue weighted by molar-refractivity contribution is 5.99. The molecule has 7 heteroatoms. The zero-order valence-corrected chi connectivity index (χ0v) is 17.6. The summed E-state index contributed by atoms with van der Waals surface area (Å²) in [6.07, 6.45) is 5.79. The first kappa shape index (κ1) is 21.0. The first-order valence-corrected chi connectivity index (χ1v) is 10.5. The van der Waals surface area contributed by atoms with Gasteiger partial charge in [-0.1, -0.05) is 12.8 Å². The van der Waals surface area contributed by atoms with Crippen molar-refractivity contribution < 1.29 is 9.53 Å². The summed E-state index contributed by atoms with van der Waals surface area (Å²) < 4.78 is 5.83. The Morgan fingerprint density at radius 1 is 1.32 bits per heavy atom. The topological polar surface area (TPSA) is 92.5 Å². The van der Waals surface area contributed by atoms with E-state index in [1.165, 1.54) is 25.7 Å². The predicted molar refractivity (Wildman–Crippen MR) is 112 cm³/mol. The van der Waals surface area contributed by atoms with E-state index >= 15 is 0 Å². The number of carbonyl (C=O) groups excluding carboxylic acids is 1. The van der Waals surface area contributed by atoms with Gasteiger partial charge in [-0.3, -0.25) is 4.79 Å². The first-order chi connectivity index (χ1) is 13.4. The third-order valence-electron chi connectivity index (χ3n) is 6.02. The van der Waals surface area contributed by atoms with E-state index in [1.807, 2.05) is 19.9 Å². The van der Waals surface area contributed by atoms with Gasteiger partial charge in [-0.2, -0.15) is 0 Å². The third-order valence-corrected chi connectivity index (χ3v) is 6.02. The Hall–Kier alpha value is -1.70. The van der Waals surface area contributed by atoms with E-state index in [1.54, 1.807) is 14.0 Å². The maximum absolute atomic E-state index is 12.7. The summed E-state index contributed by atoms with van der Waals surface area (Å²) in [4.78, 5) is 19.7. The van der Waals surface area contributed by atoms with E-state index in [0.29, 0.717) is 17.6 Å². The minimum atomic E-state index is -0.407. The molecule has 7 nitrogen and oxygen atoms in total. The molecule has 0 radical (unpaired) electrons. The lowest BCUT2D eigenvalue weighted by Gasteiger charge is -2.40. The van der Waals surface area contributed by atoms with Crippen molar-refractivity contribution in [3.8, 4) is 0 Å². The van der Waals surface area contributed by atoms with Gasteiger partial charge in [0.1, 0.15) is 5.82 Å². The molecular weight excluding hydrogens is 354 g/mol. The second-order valence-electron chi connectivity index (χ2n) is 8.29. The summed E-state index contributed by atoms with van der Waals surface area (Å²) in [6, 6.07) is 2.87. The van der Waals surface area contributed by atoms with Crippen molar-refractivity contribution in [1.29, 1.82) is 0 Å². The SMILES string of the molecule is COC1CN(c2nc(C)c(C)cc2C(=O)NC(C)N)CCC1NC1CCCC1. The van der Waals surface area contributed by atoms with Gasteiger partial charge in [0.2, 0.25) is 0 Å². The van der Waals surface area contributed by atoms with Crippen LogP contribution in [0.1, 0.15) is 60.6 Å². The molecule has 3 rings (SSSR count). The fourth-order valence-corrected chi connectivity index (χ4v) is 4.32. The van der Waals surface area contributed by atoms with Crippen molar-refractivity contribution in [2.24, 2.45) is 5.73 Å². The maximum Gasteiger partial charge on any atom is 0.256 e. The monoisotopic (exact) mass is 389 g/mol. The molecule has 2 fully saturated rings. The number of hydrogen-bond donors (Lipinski definition) is 3. The number of piperidine rings is 1. The predicted octanol–water partition coefficient (Wildman–Crippen LogP) is 1.86. The molecule has 1 aliphatic heterocycles. The minimum absolute atomic E-state index is 0.0714. The van der Waals surface area contributed by atoms with Crippen molar-refractivity contribution in [1.82, 2.24) is 15.6 Å². The average molecular weight is 390 g/mol. The van der Waals surface area contributed by atoms with Gasteiger partial charge in [-0.25, -0.2) is 4.98 Å². The molecule has 1 aromatic heterocycles. The van der Waals surface area contributed by atoms with Crippen molar-refractivity contribution in [3.05, 3.63) is 22.9 Å². The number of nitrogens with two attached hydrogens (primary N) is 1. The van der Waals surface area contributed by atoms with Gasteiger partial charge in [0, 0.05) is 38.0 Å². The number of aryl methyl sites for hydroxylation is 2. The van der Waals surface area contributed by atoms with Gasteiger partial charge < -0.3 is 26.0 Å². The Morgan fingerprint density at radius 3 is 2.68 bits per heavy atom. The van der Waals surface area contributed by atoms with Crippen LogP contribution < -0.4 is 21.3 Å². The fraction of sp³-hybridized carbons (Fsp3) is 0.714. The molecule has 1 aliphatic carbocycles. The van der Waals surface area contributed by atoms with Crippen LogP contribution in [0, 0.1) is 13.8 Å². The van der Waals surface area contributed by atoms with Crippen LogP contribution in [0.25, 0.3) is 0 Å². The van der Waals surface area contributed by atoms with Crippen LogP contribution in [0.3, 0.4) is 0 Å². The van der Waals surface area contributed by atoms with Crippen LogP contribution in [0.4, 0.5) is 5.82 Å². The van der Waals surface area contributed by atoms with Crippen LogP contribution in [-0.4, -0.2) is 55.4 Å². The Morgan fingerprint density at radius 2 is 2.04 bits per heavy atom. The molecular formula is C21H35N5O2. The summed E-state index contributed by atoms with van der Waals surface area (Å²) in [6.45, 7) is 7.28. The number of ether oxygens (including phenoxy) is 1. The van der Waals surface area contributed by atoms with Crippen LogP contribution >= 0.6 is 0 Å². The molecule has 1 saturated carbocycles. The molecule has 2 heterocycles. The molecule has 28 heavy (non-hydrogen) atoms. The second-order valence-corrected chi connectivity index (χ2v) is 8.29. The quantitative estimate of drug-likeness (QED) is 0.643. The summed E-state index contributed by atoms with van der Waals surface area (Å²) in [5, 5.41) is 6.60. The van der Waals surface area contributed by atoms with Gasteiger partial charge in [0.15, 0.2) is 0 Å². The van der Waals surface area contributed by atoms with Crippen molar-refractivity contribution in [2.75, 3.05) is 25.1 Å². The Bertz CT molecular complexity index is 688. The van der Waals surface area contributed by atoms with Crippen molar-refractivity contribution in [3.63, 3.8) is 0 Å². The molecule has 4 N–H and O–H groups in total. The molecule has 0 spiro atoms. The number of methoxy groups -OCH3 is 1. The number of rotatable bonds is 6. The van der Waals surface area contributed by atoms with E-state index in [-0.39, 0.29) is 12.0 Å². The van der Waals surface area contributed by atoms with Gasteiger partial charge in [-0.15, -0.1) is 0 Å². The number of amides is 1. The van der Waals surface area contributed by atoms with Crippen LogP contribution in [0.15, 0.2) is 6.07 Å². The minimum Gasteiger partial charge on any atom is -0.378 e. The highest BCUT2D eigenvalue weighted by Crippen LogP contribution is 2.27. The van der Waals surface area contributed by atoms with Crippen LogP contribution in [0.2, 0.25) is 0 Å². The Labute approximate surface area is 168 Å². The molecule has 156 valence electrons. The van der Waals surface area contributed by atoms with Crippen LogP contribution in [0.5, 0.6) is 0 Å². The maximum atomic E-state index is 12.7. The third kappa shape index (κ3) is 4.82. The largest absolute Gasteiger partial charge is 0.378 e. The van der Waals surface area contributed by atoms with E-state index in [0.717, 1.165) is 36.6 Å². The lowest BCUT2D eigenvalue weighted by atomic mass is 9.99. The summed E-state index contributed by atoms with van der Waals surface area (Å²) in [5.41, 5.74) is 8.29. The van der Waals surface area contributed by atoms with Gasteiger partial charge in [0.05, 0.1) is 17.8 Å². The molecule has 3 atom stereocenters. The zero-order valence-electron chi connectivity index (χ0n) is 17.6. The molecule has 0 aromatic carbocycles. The van der Waals surface area contributed by atoms with E-state index < -0.39 is 6.17 Å². The summed E-state index contributed by atoms with van der Waals surface area (Å²) in [5.74, 6) is 0.545. The lowest BCUT2D eigenvalue weighted by Crippen LogP contribution is -2.56. The normalized spacial score (nSPS) is 24.4. The van der Waals surface area contributed by atoms with E-state index in [4.69, 9.17) is 15.5 Å². The number of anilines is 1. The Kier molecular flexibility index (Phi) is 6.91. The highest BCUT2D eigenvalue weighted by Gasteiger charge is 2.33. The number of nitrogens with zero attached hydrogens (tertiary/aromatic N) is 2. The lowest BCUT2D eigenvalue weighted by molar-refractivity contribution is 0.0556. The molecule has 0 bridgehead atoms. The second kappa shape index (κ2) is 9.20. The molecule has 1 saturated heterocycles.